The van der Waals surface area contributed by atoms with Crippen LogP contribution in [0.25, 0.3) is 11.4 Å². The molecule has 0 amide bonds. The van der Waals surface area contributed by atoms with Gasteiger partial charge in [0.1, 0.15) is 0 Å². The predicted octanol–water partition coefficient (Wildman–Crippen LogP) is 1.94. The van der Waals surface area contributed by atoms with Crippen LogP contribution in [0.15, 0.2) is 42.7 Å². The van der Waals surface area contributed by atoms with E-state index in [1.165, 1.54) is 0 Å². The summed E-state index contributed by atoms with van der Waals surface area (Å²) in [6.07, 6.45) is 3.48. The molecule has 67 valence electrons. The van der Waals surface area contributed by atoms with E-state index in [0.29, 0.717) is 0 Å². The Morgan fingerprint density at radius 1 is 1.00 bits per heavy atom. The van der Waals surface area contributed by atoms with Crippen molar-refractivity contribution in [3.8, 4) is 11.4 Å². The molecule has 0 aliphatic carbocycles. The number of hydrogen-bond donors (Lipinski definition) is 0. The van der Waals surface area contributed by atoms with Crippen LogP contribution in [0.4, 0.5) is 0 Å². The maximum Gasteiger partial charge on any atom is 0.0125 e. The van der Waals surface area contributed by atoms with Crippen LogP contribution in [-0.4, -0.2) is 9.97 Å². The van der Waals surface area contributed by atoms with Gasteiger partial charge < -0.3 is 4.98 Å². The second-order valence-corrected chi connectivity index (χ2v) is 2.35. The van der Waals surface area contributed by atoms with Crippen molar-refractivity contribution in [3.05, 3.63) is 48.8 Å². The number of pyridine rings is 2. The Balaban J connectivity index is 0.000000845. The maximum absolute atomic E-state index is 4.16. The molecule has 0 aliphatic rings. The van der Waals surface area contributed by atoms with Gasteiger partial charge in [-0.15, -0.1) is 6.07 Å². The first-order valence-electron chi connectivity index (χ1n) is 3.71. The summed E-state index contributed by atoms with van der Waals surface area (Å²) < 4.78 is 0. The fraction of sp³-hybridized carbons (Fsp3) is 0. The molecule has 0 saturated carbocycles. The van der Waals surface area contributed by atoms with Gasteiger partial charge >= 0.3 is 0 Å². The van der Waals surface area contributed by atoms with Crippen molar-refractivity contribution in [1.29, 1.82) is 0 Å². The molecule has 1 radical (unpaired) electrons. The molecule has 0 saturated heterocycles. The van der Waals surface area contributed by atoms with Gasteiger partial charge in [0.05, 0.1) is 0 Å². The molecule has 0 N–H and O–H groups in total. The Bertz CT molecular complexity index is 310. The van der Waals surface area contributed by atoms with E-state index in [4.69, 9.17) is 0 Å². The van der Waals surface area contributed by atoms with Gasteiger partial charge in [0.15, 0.2) is 0 Å². The summed E-state index contributed by atoms with van der Waals surface area (Å²) in [5, 5.41) is 0. The molecule has 0 atom stereocenters. The molecule has 2 rings (SSSR count). The second kappa shape index (κ2) is 4.85. The number of aromatic nitrogens is 2. The zero-order valence-corrected chi connectivity index (χ0v) is 9.16. The molecule has 0 aromatic carbocycles. The summed E-state index contributed by atoms with van der Waals surface area (Å²) in [6, 6.07) is 12.4. The molecule has 0 unspecified atom stereocenters. The van der Waals surface area contributed by atoms with Crippen LogP contribution in [0.3, 0.4) is 0 Å². The zero-order valence-electron chi connectivity index (χ0n) is 6.77. The van der Waals surface area contributed by atoms with Crippen LogP contribution in [0, 0.1) is 6.07 Å². The summed E-state index contributed by atoms with van der Waals surface area (Å²) in [6.45, 7) is 0. The SMILES string of the molecule is [Ir].[c-]1cccnc1-c1ccccn1. The average molecular weight is 347 g/mol. The quantitative estimate of drug-likeness (QED) is 0.737. The smallest absolute Gasteiger partial charge is 0.0125 e. The molecule has 0 bridgehead atoms. The maximum atomic E-state index is 4.16. The first-order chi connectivity index (χ1) is 5.97. The number of hydrogen-bond acceptors (Lipinski definition) is 2. The van der Waals surface area contributed by atoms with Crippen molar-refractivity contribution in [2.45, 2.75) is 0 Å². The normalized spacial score (nSPS) is 8.92. The van der Waals surface area contributed by atoms with Crippen LogP contribution in [0.1, 0.15) is 0 Å². The van der Waals surface area contributed by atoms with Gasteiger partial charge in [-0.3, -0.25) is 4.98 Å². The largest absolute Gasteiger partial charge is 0.318 e. The number of rotatable bonds is 1. The van der Waals surface area contributed by atoms with Crippen LogP contribution >= 0.6 is 0 Å². The van der Waals surface area contributed by atoms with Crippen molar-refractivity contribution < 1.29 is 20.1 Å². The van der Waals surface area contributed by atoms with Gasteiger partial charge in [0.25, 0.3) is 0 Å². The first-order valence-corrected chi connectivity index (χ1v) is 3.71. The molecule has 13 heavy (non-hydrogen) atoms. The molecule has 0 aliphatic heterocycles. The van der Waals surface area contributed by atoms with Crippen molar-refractivity contribution in [1.82, 2.24) is 9.97 Å². The van der Waals surface area contributed by atoms with Crippen LogP contribution < -0.4 is 0 Å². The molecular formula is C10H7IrN2-. The van der Waals surface area contributed by atoms with Crippen molar-refractivity contribution in [2.24, 2.45) is 0 Å². The Kier molecular flexibility index (Phi) is 3.74. The minimum Gasteiger partial charge on any atom is -0.318 e. The molecular weight excluding hydrogens is 340 g/mol. The van der Waals surface area contributed by atoms with Gasteiger partial charge in [-0.05, 0) is 23.7 Å². The van der Waals surface area contributed by atoms with Crippen molar-refractivity contribution in [3.63, 3.8) is 0 Å². The molecule has 3 heteroatoms. The fourth-order valence-corrected chi connectivity index (χ4v) is 0.968. The third-order valence-electron chi connectivity index (χ3n) is 1.51. The van der Waals surface area contributed by atoms with E-state index in [1.807, 2.05) is 30.3 Å². The molecule has 2 nitrogen and oxygen atoms in total. The number of nitrogens with zero attached hydrogens (tertiary/aromatic N) is 2. The standard InChI is InChI=1S/C10H7N2.Ir/c1-3-7-11-9(5-1)10-6-2-4-8-12-10;/h1-5,7-8H;/q-1;. The molecule has 2 aromatic heterocycles. The Morgan fingerprint density at radius 3 is 2.46 bits per heavy atom. The molecule has 2 heterocycles. The topological polar surface area (TPSA) is 25.8 Å². The van der Waals surface area contributed by atoms with Crippen LogP contribution in [-0.2, 0) is 20.1 Å². The predicted molar refractivity (Wildman–Crippen MR) is 46.3 cm³/mol. The van der Waals surface area contributed by atoms with Gasteiger partial charge in [-0.2, -0.15) is 12.1 Å². The molecule has 2 aromatic rings. The van der Waals surface area contributed by atoms with E-state index in [1.54, 1.807) is 12.4 Å². The summed E-state index contributed by atoms with van der Waals surface area (Å²) in [7, 11) is 0. The van der Waals surface area contributed by atoms with Gasteiger partial charge in [0.2, 0.25) is 0 Å². The van der Waals surface area contributed by atoms with Crippen molar-refractivity contribution in [2.75, 3.05) is 0 Å². The van der Waals surface area contributed by atoms with E-state index in [2.05, 4.69) is 16.0 Å². The zero-order chi connectivity index (χ0) is 8.23. The Labute approximate surface area is 90.4 Å². The summed E-state index contributed by atoms with van der Waals surface area (Å²) >= 11 is 0. The van der Waals surface area contributed by atoms with Crippen molar-refractivity contribution >= 4 is 0 Å². The summed E-state index contributed by atoms with van der Waals surface area (Å²) in [5.74, 6) is 0. The van der Waals surface area contributed by atoms with E-state index >= 15 is 0 Å². The van der Waals surface area contributed by atoms with Crippen LogP contribution in [0.5, 0.6) is 0 Å². The average Bonchev–Trinajstić information content (AvgIpc) is 2.21. The van der Waals surface area contributed by atoms with E-state index in [0.717, 1.165) is 11.4 Å². The van der Waals surface area contributed by atoms with E-state index in [9.17, 15) is 0 Å². The van der Waals surface area contributed by atoms with Gasteiger partial charge in [0, 0.05) is 26.3 Å². The Morgan fingerprint density at radius 2 is 1.85 bits per heavy atom. The molecule has 0 spiro atoms. The van der Waals surface area contributed by atoms with Gasteiger partial charge in [-0.25, -0.2) is 0 Å². The minimum absolute atomic E-state index is 0. The summed E-state index contributed by atoms with van der Waals surface area (Å²) in [4.78, 5) is 8.29. The minimum atomic E-state index is 0. The van der Waals surface area contributed by atoms with E-state index < -0.39 is 0 Å². The molecule has 0 fully saturated rings. The summed E-state index contributed by atoms with van der Waals surface area (Å²) in [5.41, 5.74) is 1.65. The third kappa shape index (κ3) is 2.44. The first kappa shape index (κ1) is 10.0. The fourth-order valence-electron chi connectivity index (χ4n) is 0.968. The van der Waals surface area contributed by atoms with Crippen LogP contribution in [0.2, 0.25) is 0 Å². The second-order valence-electron chi connectivity index (χ2n) is 2.35. The Hall–Kier alpha value is -1.05. The monoisotopic (exact) mass is 348 g/mol. The van der Waals surface area contributed by atoms with Gasteiger partial charge in [-0.1, -0.05) is 12.1 Å². The third-order valence-corrected chi connectivity index (χ3v) is 1.51. The van der Waals surface area contributed by atoms with E-state index in [-0.39, 0.29) is 20.1 Å².